The molecule has 0 spiro atoms. The van der Waals surface area contributed by atoms with Gasteiger partial charge in [-0.25, -0.2) is 0 Å². The second kappa shape index (κ2) is 7.88. The summed E-state index contributed by atoms with van der Waals surface area (Å²) in [5.41, 5.74) is -0.510. The maximum Gasteiger partial charge on any atom is 0.309 e. The molecule has 0 aliphatic heterocycles. The monoisotopic (exact) mass is 270 g/mol. The summed E-state index contributed by atoms with van der Waals surface area (Å²) < 4.78 is 5.61. The van der Waals surface area contributed by atoms with Crippen LogP contribution >= 0.6 is 0 Å². The van der Waals surface area contributed by atoms with Crippen molar-refractivity contribution < 1.29 is 14.6 Å². The van der Waals surface area contributed by atoms with Gasteiger partial charge in [-0.3, -0.25) is 4.79 Å². The molecular formula is C16H30O3. The van der Waals surface area contributed by atoms with E-state index in [-0.39, 0.29) is 0 Å². The third kappa shape index (κ3) is 5.13. The molecule has 1 saturated carbocycles. The van der Waals surface area contributed by atoms with E-state index < -0.39 is 11.4 Å². The van der Waals surface area contributed by atoms with Crippen LogP contribution in [0.3, 0.4) is 0 Å². The molecule has 112 valence electrons. The van der Waals surface area contributed by atoms with Gasteiger partial charge in [0.25, 0.3) is 0 Å². The Morgan fingerprint density at radius 3 is 2.42 bits per heavy atom. The first-order valence-corrected chi connectivity index (χ1v) is 7.81. The molecule has 3 heteroatoms. The fourth-order valence-corrected chi connectivity index (χ4v) is 2.90. The summed E-state index contributed by atoms with van der Waals surface area (Å²) in [7, 11) is 0. The lowest BCUT2D eigenvalue weighted by atomic mass is 9.68. The number of carbonyl (C=O) groups is 1. The molecule has 1 aliphatic rings. The minimum atomic E-state index is -0.616. The highest BCUT2D eigenvalue weighted by Crippen LogP contribution is 2.42. The molecule has 0 heterocycles. The Bertz CT molecular complexity index is 265. The Hall–Kier alpha value is -0.570. The molecule has 0 radical (unpaired) electrons. The molecule has 0 aromatic carbocycles. The van der Waals surface area contributed by atoms with Gasteiger partial charge < -0.3 is 9.84 Å². The van der Waals surface area contributed by atoms with Crippen LogP contribution in [-0.2, 0) is 9.53 Å². The van der Waals surface area contributed by atoms with Gasteiger partial charge in [-0.1, -0.05) is 27.2 Å². The summed E-state index contributed by atoms with van der Waals surface area (Å²) in [6.45, 7) is 7.90. The fraction of sp³-hybridized carbons (Fsp3) is 0.938. The Balaban J connectivity index is 2.35. The number of carboxylic acids is 1. The molecule has 0 saturated heterocycles. The van der Waals surface area contributed by atoms with Crippen molar-refractivity contribution in [2.45, 2.75) is 65.7 Å². The highest BCUT2D eigenvalue weighted by molar-refractivity contribution is 5.74. The smallest absolute Gasteiger partial charge is 0.309 e. The SMILES string of the molecule is CCC1CCC(CCOCCC(C)C)(C(=O)O)CC1. The van der Waals surface area contributed by atoms with Gasteiger partial charge in [-0.05, 0) is 50.4 Å². The second-order valence-electron chi connectivity index (χ2n) is 6.48. The summed E-state index contributed by atoms with van der Waals surface area (Å²) in [4.78, 5) is 11.6. The van der Waals surface area contributed by atoms with Crippen LogP contribution in [0.4, 0.5) is 0 Å². The Labute approximate surface area is 117 Å². The maximum absolute atomic E-state index is 11.6. The molecule has 3 nitrogen and oxygen atoms in total. The van der Waals surface area contributed by atoms with Gasteiger partial charge in [0.1, 0.15) is 0 Å². The summed E-state index contributed by atoms with van der Waals surface area (Å²) in [6.07, 6.45) is 6.70. The number of rotatable bonds is 8. The van der Waals surface area contributed by atoms with Crippen LogP contribution in [0.25, 0.3) is 0 Å². The molecule has 1 rings (SSSR count). The van der Waals surface area contributed by atoms with E-state index in [1.807, 2.05) is 0 Å². The average Bonchev–Trinajstić information content (AvgIpc) is 2.38. The zero-order valence-corrected chi connectivity index (χ0v) is 12.8. The van der Waals surface area contributed by atoms with Crippen LogP contribution in [0.2, 0.25) is 0 Å². The van der Waals surface area contributed by atoms with Crippen molar-refractivity contribution >= 4 is 5.97 Å². The molecule has 0 atom stereocenters. The molecule has 0 unspecified atom stereocenters. The van der Waals surface area contributed by atoms with Gasteiger partial charge in [0.05, 0.1) is 5.41 Å². The standard InChI is InChI=1S/C16H30O3/c1-4-14-5-8-16(9-6-14,15(17)18)10-12-19-11-7-13(2)3/h13-14H,4-12H2,1-3H3,(H,17,18). The zero-order valence-electron chi connectivity index (χ0n) is 12.8. The van der Waals surface area contributed by atoms with Crippen LogP contribution in [0.1, 0.15) is 65.7 Å². The van der Waals surface area contributed by atoms with Gasteiger partial charge in [0.2, 0.25) is 0 Å². The van der Waals surface area contributed by atoms with Crippen LogP contribution in [0.5, 0.6) is 0 Å². The van der Waals surface area contributed by atoms with Crippen molar-refractivity contribution in [1.82, 2.24) is 0 Å². The molecule has 0 bridgehead atoms. The van der Waals surface area contributed by atoms with E-state index >= 15 is 0 Å². The lowest BCUT2D eigenvalue weighted by Crippen LogP contribution is -2.36. The number of hydrogen-bond acceptors (Lipinski definition) is 2. The molecular weight excluding hydrogens is 240 g/mol. The van der Waals surface area contributed by atoms with Gasteiger partial charge in [0.15, 0.2) is 0 Å². The number of ether oxygens (including phenoxy) is 1. The third-order valence-electron chi connectivity index (χ3n) is 4.66. The lowest BCUT2D eigenvalue weighted by molar-refractivity contribution is -0.153. The Morgan fingerprint density at radius 1 is 1.32 bits per heavy atom. The molecule has 1 N–H and O–H groups in total. The third-order valence-corrected chi connectivity index (χ3v) is 4.66. The second-order valence-corrected chi connectivity index (χ2v) is 6.48. The predicted molar refractivity (Wildman–Crippen MR) is 77.2 cm³/mol. The van der Waals surface area contributed by atoms with Gasteiger partial charge in [-0.2, -0.15) is 0 Å². The molecule has 1 aliphatic carbocycles. The van der Waals surface area contributed by atoms with E-state index in [2.05, 4.69) is 20.8 Å². The van der Waals surface area contributed by atoms with Gasteiger partial charge in [-0.15, -0.1) is 0 Å². The van der Waals surface area contributed by atoms with E-state index in [0.29, 0.717) is 18.9 Å². The number of aliphatic carboxylic acids is 1. The Kier molecular flexibility index (Phi) is 6.84. The average molecular weight is 270 g/mol. The molecule has 19 heavy (non-hydrogen) atoms. The van der Waals surface area contributed by atoms with E-state index in [9.17, 15) is 9.90 Å². The van der Waals surface area contributed by atoms with Gasteiger partial charge in [0, 0.05) is 13.2 Å². The normalized spacial score (nSPS) is 27.7. The van der Waals surface area contributed by atoms with E-state index in [0.717, 1.165) is 44.6 Å². The fourth-order valence-electron chi connectivity index (χ4n) is 2.90. The van der Waals surface area contributed by atoms with Crippen LogP contribution in [0.15, 0.2) is 0 Å². The first kappa shape index (κ1) is 16.5. The summed E-state index contributed by atoms with van der Waals surface area (Å²) >= 11 is 0. The molecule has 0 amide bonds. The van der Waals surface area contributed by atoms with Crippen molar-refractivity contribution in [3.05, 3.63) is 0 Å². The van der Waals surface area contributed by atoms with Crippen LogP contribution < -0.4 is 0 Å². The van der Waals surface area contributed by atoms with Crippen molar-refractivity contribution in [2.75, 3.05) is 13.2 Å². The molecule has 0 aromatic rings. The molecule has 1 fully saturated rings. The van der Waals surface area contributed by atoms with Crippen molar-refractivity contribution in [1.29, 1.82) is 0 Å². The lowest BCUT2D eigenvalue weighted by Gasteiger charge is -2.36. The summed E-state index contributed by atoms with van der Waals surface area (Å²) in [6, 6.07) is 0. The van der Waals surface area contributed by atoms with Crippen LogP contribution in [-0.4, -0.2) is 24.3 Å². The number of hydrogen-bond donors (Lipinski definition) is 1. The first-order valence-electron chi connectivity index (χ1n) is 7.81. The summed E-state index contributed by atoms with van der Waals surface area (Å²) in [5.74, 6) is 0.761. The molecule has 0 aromatic heterocycles. The van der Waals surface area contributed by atoms with Gasteiger partial charge >= 0.3 is 5.97 Å². The zero-order chi connectivity index (χ0) is 14.3. The highest BCUT2D eigenvalue weighted by atomic mass is 16.5. The van der Waals surface area contributed by atoms with Crippen molar-refractivity contribution in [3.63, 3.8) is 0 Å². The van der Waals surface area contributed by atoms with Crippen molar-refractivity contribution in [3.8, 4) is 0 Å². The largest absolute Gasteiger partial charge is 0.481 e. The van der Waals surface area contributed by atoms with Crippen LogP contribution in [0, 0.1) is 17.3 Å². The predicted octanol–water partition coefficient (Wildman–Crippen LogP) is 4.11. The van der Waals surface area contributed by atoms with E-state index in [1.165, 1.54) is 6.42 Å². The van der Waals surface area contributed by atoms with E-state index in [1.54, 1.807) is 0 Å². The topological polar surface area (TPSA) is 46.5 Å². The Morgan fingerprint density at radius 2 is 1.95 bits per heavy atom. The summed E-state index contributed by atoms with van der Waals surface area (Å²) in [5, 5.41) is 9.54. The minimum absolute atomic E-state index is 0.510. The highest BCUT2D eigenvalue weighted by Gasteiger charge is 2.41. The maximum atomic E-state index is 11.6. The van der Waals surface area contributed by atoms with E-state index in [4.69, 9.17) is 4.74 Å². The number of carboxylic acid groups (broad SMARTS) is 1. The minimum Gasteiger partial charge on any atom is -0.481 e. The quantitative estimate of drug-likeness (QED) is 0.675. The first-order chi connectivity index (χ1) is 9.00. The van der Waals surface area contributed by atoms with Crippen molar-refractivity contribution in [2.24, 2.45) is 17.3 Å².